The standard InChI is InChI=1S/C15H11F3N2O.C4H8O2/c1-9(21)13-8-20-7-11(10-4-2-3-5-10)6-12(14(20)19-13)15(16,17)18;1-3-4(5)6-2/h2,4-8H,3H2,1H3;3H2,1-2H3. The third-order valence-electron chi connectivity index (χ3n) is 3.84. The van der Waals surface area contributed by atoms with Gasteiger partial charge in [0.2, 0.25) is 0 Å². The summed E-state index contributed by atoms with van der Waals surface area (Å²) in [6.07, 6.45) is 5.05. The van der Waals surface area contributed by atoms with E-state index >= 15 is 0 Å². The van der Waals surface area contributed by atoms with Crippen molar-refractivity contribution >= 4 is 23.0 Å². The number of imidazole rings is 1. The molecule has 0 saturated carbocycles. The van der Waals surface area contributed by atoms with Crippen molar-refractivity contribution in [3.63, 3.8) is 0 Å². The molecular weight excluding hydrogens is 361 g/mol. The van der Waals surface area contributed by atoms with E-state index in [9.17, 15) is 22.8 Å². The number of aromatic nitrogens is 2. The van der Waals surface area contributed by atoms with Gasteiger partial charge in [-0.15, -0.1) is 0 Å². The highest BCUT2D eigenvalue weighted by molar-refractivity contribution is 5.93. The van der Waals surface area contributed by atoms with E-state index in [1.165, 1.54) is 24.6 Å². The number of alkyl halides is 3. The number of allylic oxidation sites excluding steroid dienone is 4. The van der Waals surface area contributed by atoms with Gasteiger partial charge in [0.1, 0.15) is 11.3 Å². The van der Waals surface area contributed by atoms with E-state index in [0.717, 1.165) is 11.6 Å². The molecule has 1 aliphatic carbocycles. The fourth-order valence-electron chi connectivity index (χ4n) is 2.45. The van der Waals surface area contributed by atoms with Crippen LogP contribution in [0.1, 0.15) is 48.3 Å². The van der Waals surface area contributed by atoms with Gasteiger partial charge in [-0.3, -0.25) is 9.59 Å². The zero-order chi connectivity index (χ0) is 20.2. The minimum atomic E-state index is -4.53. The Kier molecular flexibility index (Phi) is 6.20. The highest BCUT2D eigenvalue weighted by Crippen LogP contribution is 2.35. The average Bonchev–Trinajstić information content (AvgIpc) is 3.28. The molecule has 2 aromatic heterocycles. The molecule has 0 atom stereocenters. The highest BCUT2D eigenvalue weighted by Gasteiger charge is 2.35. The van der Waals surface area contributed by atoms with Crippen LogP contribution >= 0.6 is 0 Å². The lowest BCUT2D eigenvalue weighted by Gasteiger charge is -2.11. The SMILES string of the molecule is CC(=O)c1cn2cc(C3=CCC=C3)cc(C(F)(F)F)c2n1.CCC(=O)OC. The molecule has 27 heavy (non-hydrogen) atoms. The zero-order valence-corrected chi connectivity index (χ0v) is 15.1. The van der Waals surface area contributed by atoms with Crippen LogP contribution in [0.3, 0.4) is 0 Å². The molecule has 0 aromatic carbocycles. The molecule has 2 heterocycles. The van der Waals surface area contributed by atoms with Gasteiger partial charge in [-0.05, 0) is 23.6 Å². The van der Waals surface area contributed by atoms with Gasteiger partial charge < -0.3 is 9.14 Å². The summed E-state index contributed by atoms with van der Waals surface area (Å²) < 4.78 is 45.2. The van der Waals surface area contributed by atoms with Gasteiger partial charge in [-0.1, -0.05) is 25.2 Å². The van der Waals surface area contributed by atoms with E-state index in [-0.39, 0.29) is 23.1 Å². The Hall–Kier alpha value is -2.90. The van der Waals surface area contributed by atoms with E-state index in [1.54, 1.807) is 19.2 Å². The van der Waals surface area contributed by atoms with Crippen LogP contribution in [-0.4, -0.2) is 28.2 Å². The van der Waals surface area contributed by atoms with Gasteiger partial charge in [-0.25, -0.2) is 4.98 Å². The van der Waals surface area contributed by atoms with Crippen molar-refractivity contribution in [3.05, 3.63) is 53.5 Å². The number of rotatable bonds is 3. The third kappa shape index (κ3) is 4.84. The van der Waals surface area contributed by atoms with Crippen molar-refractivity contribution in [1.29, 1.82) is 0 Å². The molecule has 3 rings (SSSR count). The van der Waals surface area contributed by atoms with Crippen molar-refractivity contribution in [2.75, 3.05) is 7.11 Å². The number of Topliss-reactive ketones (excluding diaryl/α,β-unsaturated/α-hetero) is 1. The summed E-state index contributed by atoms with van der Waals surface area (Å²) in [5.41, 5.74) is 0.123. The lowest BCUT2D eigenvalue weighted by molar-refractivity contribution is -0.140. The first-order valence-electron chi connectivity index (χ1n) is 8.22. The summed E-state index contributed by atoms with van der Waals surface area (Å²) in [5, 5.41) is 0. The molecule has 0 fully saturated rings. The second-order valence-corrected chi connectivity index (χ2v) is 5.78. The number of pyridine rings is 1. The minimum Gasteiger partial charge on any atom is -0.469 e. The first-order chi connectivity index (χ1) is 12.7. The van der Waals surface area contributed by atoms with Crippen molar-refractivity contribution in [3.8, 4) is 0 Å². The van der Waals surface area contributed by atoms with Crippen LogP contribution in [0.15, 0.2) is 36.7 Å². The van der Waals surface area contributed by atoms with Gasteiger partial charge in [-0.2, -0.15) is 13.2 Å². The van der Waals surface area contributed by atoms with Gasteiger partial charge >= 0.3 is 12.1 Å². The molecule has 2 aromatic rings. The number of ketones is 1. The molecule has 0 N–H and O–H groups in total. The molecule has 5 nitrogen and oxygen atoms in total. The molecule has 0 radical (unpaired) electrons. The number of hydrogen-bond acceptors (Lipinski definition) is 4. The topological polar surface area (TPSA) is 60.7 Å². The van der Waals surface area contributed by atoms with Crippen LogP contribution < -0.4 is 0 Å². The fraction of sp³-hybridized carbons (Fsp3) is 0.316. The largest absolute Gasteiger partial charge is 0.469 e. The van der Waals surface area contributed by atoms with Crippen LogP contribution in [-0.2, 0) is 15.7 Å². The van der Waals surface area contributed by atoms with Crippen LogP contribution in [0.5, 0.6) is 0 Å². The molecule has 0 unspecified atom stereocenters. The van der Waals surface area contributed by atoms with Crippen molar-refractivity contribution in [2.45, 2.75) is 32.9 Å². The molecule has 144 valence electrons. The van der Waals surface area contributed by atoms with Gasteiger partial charge in [0.25, 0.3) is 0 Å². The Bertz CT molecular complexity index is 918. The zero-order valence-electron chi connectivity index (χ0n) is 15.1. The van der Waals surface area contributed by atoms with Crippen molar-refractivity contribution < 1.29 is 27.5 Å². The molecule has 8 heteroatoms. The first kappa shape index (κ1) is 20.4. The molecule has 0 aliphatic heterocycles. The molecular formula is C19H19F3N2O3. The monoisotopic (exact) mass is 380 g/mol. The fourth-order valence-corrected chi connectivity index (χ4v) is 2.45. The maximum absolute atomic E-state index is 13.2. The maximum Gasteiger partial charge on any atom is 0.420 e. The normalized spacial score (nSPS) is 13.2. The minimum absolute atomic E-state index is 0.0218. The number of esters is 1. The summed E-state index contributed by atoms with van der Waals surface area (Å²) in [7, 11) is 1.38. The molecule has 1 aliphatic rings. The van der Waals surface area contributed by atoms with E-state index in [1.807, 2.05) is 12.2 Å². The van der Waals surface area contributed by atoms with Crippen LogP contribution in [0.25, 0.3) is 11.2 Å². The van der Waals surface area contributed by atoms with Crippen molar-refractivity contribution in [1.82, 2.24) is 9.38 Å². The molecule has 0 bridgehead atoms. The lowest BCUT2D eigenvalue weighted by Crippen LogP contribution is -2.09. The highest BCUT2D eigenvalue weighted by atomic mass is 19.4. The Morgan fingerprint density at radius 1 is 1.30 bits per heavy atom. The summed E-state index contributed by atoms with van der Waals surface area (Å²) in [5.74, 6) is -0.525. The van der Waals surface area contributed by atoms with E-state index in [4.69, 9.17) is 0 Å². The second kappa shape index (κ2) is 8.20. The van der Waals surface area contributed by atoms with Crippen molar-refractivity contribution in [2.24, 2.45) is 0 Å². The summed E-state index contributed by atoms with van der Waals surface area (Å²) in [6.45, 7) is 3.03. The Morgan fingerprint density at radius 2 is 2.00 bits per heavy atom. The molecule has 0 amide bonds. The number of carbonyl (C=O) groups is 2. The lowest BCUT2D eigenvalue weighted by atomic mass is 10.1. The number of methoxy groups -OCH3 is 1. The first-order valence-corrected chi connectivity index (χ1v) is 8.22. The van der Waals surface area contributed by atoms with Gasteiger partial charge in [0, 0.05) is 25.7 Å². The van der Waals surface area contributed by atoms with E-state index in [2.05, 4.69) is 9.72 Å². The van der Waals surface area contributed by atoms with Crippen LogP contribution in [0.2, 0.25) is 0 Å². The van der Waals surface area contributed by atoms with Crippen LogP contribution in [0.4, 0.5) is 13.2 Å². The number of nitrogens with zero attached hydrogens (tertiary/aromatic N) is 2. The second-order valence-electron chi connectivity index (χ2n) is 5.78. The van der Waals surface area contributed by atoms with E-state index < -0.39 is 11.7 Å². The summed E-state index contributed by atoms with van der Waals surface area (Å²) in [6, 6.07) is 1.08. The average molecular weight is 380 g/mol. The Balaban J connectivity index is 0.000000380. The number of ether oxygens (including phenoxy) is 1. The van der Waals surface area contributed by atoms with Crippen LogP contribution in [0, 0.1) is 0 Å². The predicted octanol–water partition coefficient (Wildman–Crippen LogP) is 4.47. The van der Waals surface area contributed by atoms with E-state index in [0.29, 0.717) is 18.4 Å². The third-order valence-corrected chi connectivity index (χ3v) is 3.84. The van der Waals surface area contributed by atoms with Gasteiger partial charge in [0.05, 0.1) is 12.7 Å². The molecule has 0 saturated heterocycles. The Labute approximate surface area is 154 Å². The predicted molar refractivity (Wildman–Crippen MR) is 94.2 cm³/mol. The smallest absolute Gasteiger partial charge is 0.420 e. The summed E-state index contributed by atoms with van der Waals surface area (Å²) >= 11 is 0. The number of hydrogen-bond donors (Lipinski definition) is 0. The summed E-state index contributed by atoms with van der Waals surface area (Å²) in [4.78, 5) is 25.1. The molecule has 0 spiro atoms. The van der Waals surface area contributed by atoms with Gasteiger partial charge in [0.15, 0.2) is 5.78 Å². The number of fused-ring (bicyclic) bond motifs is 1. The number of halogens is 3. The maximum atomic E-state index is 13.2. The number of carbonyl (C=O) groups excluding carboxylic acids is 2. The Morgan fingerprint density at radius 3 is 2.44 bits per heavy atom. The quantitative estimate of drug-likeness (QED) is 0.582.